The molecule has 3 amide bonds. The maximum atomic E-state index is 12.2. The zero-order valence-corrected chi connectivity index (χ0v) is 19.1. The first-order valence-corrected chi connectivity index (χ1v) is 10.5. The number of amides is 3. The first kappa shape index (κ1) is 24.9. The van der Waals surface area contributed by atoms with E-state index in [-0.39, 0.29) is 29.8 Å². The average Bonchev–Trinajstić information content (AvgIpc) is 2.75. The van der Waals surface area contributed by atoms with E-state index in [1.54, 1.807) is 55.6 Å². The summed E-state index contributed by atoms with van der Waals surface area (Å²) in [7, 11) is 1.62. The molecule has 0 saturated carbocycles. The number of methoxy groups -OCH3 is 1. The molecule has 2 aromatic rings. The van der Waals surface area contributed by atoms with Crippen LogP contribution in [-0.2, 0) is 9.53 Å². The van der Waals surface area contributed by atoms with Crippen LogP contribution in [0.3, 0.4) is 0 Å². The number of hydrogen-bond acceptors (Lipinski definition) is 5. The van der Waals surface area contributed by atoms with Crippen LogP contribution in [0.5, 0.6) is 0 Å². The average molecular weight is 441 g/mol. The second-order valence-electron chi connectivity index (χ2n) is 8.36. The minimum atomic E-state index is -0.318. The largest absolute Gasteiger partial charge is 0.385 e. The highest BCUT2D eigenvalue weighted by Crippen LogP contribution is 2.12. The van der Waals surface area contributed by atoms with E-state index in [9.17, 15) is 14.4 Å². The number of ether oxygens (including phenoxy) is 1. The van der Waals surface area contributed by atoms with Gasteiger partial charge in [0.25, 0.3) is 11.8 Å². The second-order valence-corrected chi connectivity index (χ2v) is 8.36. The fraction of sp³-hybridized carbons (Fsp3) is 0.375. The normalized spacial score (nSPS) is 10.9. The summed E-state index contributed by atoms with van der Waals surface area (Å²) in [6.07, 6.45) is 0.754. The number of anilines is 2. The van der Waals surface area contributed by atoms with Gasteiger partial charge in [-0.15, -0.1) is 0 Å². The topological polar surface area (TPSA) is 109 Å². The molecular formula is C24H32N4O4. The fourth-order valence-electron chi connectivity index (χ4n) is 2.77. The summed E-state index contributed by atoms with van der Waals surface area (Å²) in [5.74, 6) is -0.536. The Balaban J connectivity index is 1.79. The van der Waals surface area contributed by atoms with Crippen molar-refractivity contribution in [3.8, 4) is 0 Å². The standard InChI is InChI=1S/C24H32N4O4/c1-24(2,3)28-23(31)18-8-12-20(13-9-18)27-21(29)16-26-19-10-6-17(7-11-19)22(30)25-14-5-15-32-4/h6-13,26H,5,14-16H2,1-4H3,(H,25,30)(H,27,29)(H,28,31). The Hall–Kier alpha value is -3.39. The van der Waals surface area contributed by atoms with Gasteiger partial charge in [0.15, 0.2) is 0 Å². The third-order valence-electron chi connectivity index (χ3n) is 4.33. The van der Waals surface area contributed by atoms with Crippen molar-refractivity contribution < 1.29 is 19.1 Å². The molecule has 0 aliphatic rings. The van der Waals surface area contributed by atoms with Crippen LogP contribution in [0.25, 0.3) is 0 Å². The summed E-state index contributed by atoms with van der Waals surface area (Å²) in [4.78, 5) is 36.4. The molecule has 0 bridgehead atoms. The van der Waals surface area contributed by atoms with E-state index in [4.69, 9.17) is 4.74 Å². The molecule has 0 aromatic heterocycles. The van der Waals surface area contributed by atoms with Crippen molar-refractivity contribution in [3.05, 3.63) is 59.7 Å². The van der Waals surface area contributed by atoms with Crippen LogP contribution in [0, 0.1) is 0 Å². The quantitative estimate of drug-likeness (QED) is 0.425. The van der Waals surface area contributed by atoms with Crippen molar-refractivity contribution in [3.63, 3.8) is 0 Å². The summed E-state index contributed by atoms with van der Waals surface area (Å²) in [6.45, 7) is 6.96. The van der Waals surface area contributed by atoms with Crippen LogP contribution < -0.4 is 21.3 Å². The van der Waals surface area contributed by atoms with Crippen molar-refractivity contribution in [1.29, 1.82) is 0 Å². The van der Waals surface area contributed by atoms with Crippen LogP contribution in [0.1, 0.15) is 47.9 Å². The van der Waals surface area contributed by atoms with Crippen molar-refractivity contribution in [2.24, 2.45) is 0 Å². The predicted octanol–water partition coefficient (Wildman–Crippen LogP) is 3.03. The molecule has 8 nitrogen and oxygen atoms in total. The Morgan fingerprint density at radius 3 is 1.97 bits per heavy atom. The van der Waals surface area contributed by atoms with Crippen molar-refractivity contribution in [2.45, 2.75) is 32.7 Å². The van der Waals surface area contributed by atoms with Crippen molar-refractivity contribution in [1.82, 2.24) is 10.6 Å². The lowest BCUT2D eigenvalue weighted by Crippen LogP contribution is -2.40. The lowest BCUT2D eigenvalue weighted by molar-refractivity contribution is -0.114. The number of benzene rings is 2. The van der Waals surface area contributed by atoms with E-state index in [1.165, 1.54) is 0 Å². The molecular weight excluding hydrogens is 408 g/mol. The van der Waals surface area contributed by atoms with Gasteiger partial charge >= 0.3 is 0 Å². The third kappa shape index (κ3) is 8.77. The molecule has 172 valence electrons. The van der Waals surface area contributed by atoms with E-state index < -0.39 is 0 Å². The molecule has 0 aliphatic heterocycles. The van der Waals surface area contributed by atoms with Crippen LogP contribution in [0.15, 0.2) is 48.5 Å². The van der Waals surface area contributed by atoms with Crippen LogP contribution in [0.4, 0.5) is 11.4 Å². The SMILES string of the molecule is COCCCNC(=O)c1ccc(NCC(=O)Nc2ccc(C(=O)NC(C)(C)C)cc2)cc1. The molecule has 8 heteroatoms. The number of hydrogen-bond donors (Lipinski definition) is 4. The Labute approximate surface area is 189 Å². The summed E-state index contributed by atoms with van der Waals surface area (Å²) in [5, 5.41) is 11.5. The zero-order valence-electron chi connectivity index (χ0n) is 19.1. The van der Waals surface area contributed by atoms with Crippen molar-refractivity contribution >= 4 is 29.1 Å². The smallest absolute Gasteiger partial charge is 0.251 e. The molecule has 0 aliphatic carbocycles. The summed E-state index contributed by atoms with van der Waals surface area (Å²) in [5.41, 5.74) is 2.09. The van der Waals surface area contributed by atoms with E-state index in [0.717, 1.165) is 12.1 Å². The molecule has 0 unspecified atom stereocenters. The Bertz CT molecular complexity index is 903. The highest BCUT2D eigenvalue weighted by Gasteiger charge is 2.15. The molecule has 0 saturated heterocycles. The fourth-order valence-corrected chi connectivity index (χ4v) is 2.77. The molecule has 32 heavy (non-hydrogen) atoms. The Kier molecular flexibility index (Phi) is 9.22. The number of carbonyl (C=O) groups excluding carboxylic acids is 3. The van der Waals surface area contributed by atoms with E-state index in [1.807, 2.05) is 20.8 Å². The van der Waals surface area contributed by atoms with Crippen LogP contribution in [-0.4, -0.2) is 50.1 Å². The van der Waals surface area contributed by atoms with Gasteiger partial charge in [0, 0.05) is 48.3 Å². The predicted molar refractivity (Wildman–Crippen MR) is 126 cm³/mol. The highest BCUT2D eigenvalue weighted by molar-refractivity contribution is 5.97. The number of nitrogens with one attached hydrogen (secondary N) is 4. The third-order valence-corrected chi connectivity index (χ3v) is 4.33. The van der Waals surface area contributed by atoms with Gasteiger partial charge in [-0.2, -0.15) is 0 Å². The molecule has 0 heterocycles. The minimum Gasteiger partial charge on any atom is -0.385 e. The summed E-state index contributed by atoms with van der Waals surface area (Å²) >= 11 is 0. The molecule has 0 atom stereocenters. The molecule has 0 spiro atoms. The minimum absolute atomic E-state index is 0.0643. The summed E-state index contributed by atoms with van der Waals surface area (Å²) < 4.78 is 4.95. The maximum absolute atomic E-state index is 12.2. The van der Waals surface area contributed by atoms with Gasteiger partial charge in [-0.25, -0.2) is 0 Å². The summed E-state index contributed by atoms with van der Waals surface area (Å²) in [6, 6.07) is 13.6. The zero-order chi connectivity index (χ0) is 23.6. The first-order chi connectivity index (χ1) is 15.2. The molecule has 0 fully saturated rings. The maximum Gasteiger partial charge on any atom is 0.251 e. The van der Waals surface area contributed by atoms with E-state index in [2.05, 4.69) is 21.3 Å². The van der Waals surface area contributed by atoms with Gasteiger partial charge in [0.2, 0.25) is 5.91 Å². The van der Waals surface area contributed by atoms with Gasteiger partial charge in [0.05, 0.1) is 6.54 Å². The molecule has 4 N–H and O–H groups in total. The Morgan fingerprint density at radius 1 is 0.844 bits per heavy atom. The van der Waals surface area contributed by atoms with Gasteiger partial charge in [-0.1, -0.05) is 0 Å². The lowest BCUT2D eigenvalue weighted by Gasteiger charge is -2.20. The number of carbonyl (C=O) groups is 3. The molecule has 2 rings (SSSR count). The lowest BCUT2D eigenvalue weighted by atomic mass is 10.1. The van der Waals surface area contributed by atoms with E-state index in [0.29, 0.717) is 30.0 Å². The number of rotatable bonds is 10. The van der Waals surface area contributed by atoms with Gasteiger partial charge in [-0.05, 0) is 75.7 Å². The van der Waals surface area contributed by atoms with Gasteiger partial charge in [0.1, 0.15) is 0 Å². The van der Waals surface area contributed by atoms with E-state index >= 15 is 0 Å². The Morgan fingerprint density at radius 2 is 1.41 bits per heavy atom. The van der Waals surface area contributed by atoms with Crippen LogP contribution >= 0.6 is 0 Å². The molecule has 2 aromatic carbocycles. The van der Waals surface area contributed by atoms with Crippen molar-refractivity contribution in [2.75, 3.05) is 37.4 Å². The first-order valence-electron chi connectivity index (χ1n) is 10.5. The monoisotopic (exact) mass is 440 g/mol. The second kappa shape index (κ2) is 11.9. The van der Waals surface area contributed by atoms with Gasteiger partial charge < -0.3 is 26.0 Å². The molecule has 0 radical (unpaired) electrons. The van der Waals surface area contributed by atoms with Crippen LogP contribution in [0.2, 0.25) is 0 Å². The highest BCUT2D eigenvalue weighted by atomic mass is 16.5. The van der Waals surface area contributed by atoms with Gasteiger partial charge in [-0.3, -0.25) is 14.4 Å².